The summed E-state index contributed by atoms with van der Waals surface area (Å²) in [5.74, 6) is 0. The summed E-state index contributed by atoms with van der Waals surface area (Å²) < 4.78 is 1.71. The second-order valence-electron chi connectivity index (χ2n) is 2.05. The molecule has 56 valence electrons. The van der Waals surface area contributed by atoms with Gasteiger partial charge in [-0.25, -0.2) is 0 Å². The number of thiol groups is 1. The molecule has 0 aliphatic heterocycles. The van der Waals surface area contributed by atoms with Crippen LogP contribution in [0, 0.1) is 0 Å². The van der Waals surface area contributed by atoms with Gasteiger partial charge in [-0.1, -0.05) is 11.6 Å². The Morgan fingerprint density at radius 3 is 3.00 bits per heavy atom. The maximum atomic E-state index is 5.81. The molecule has 11 heavy (non-hydrogen) atoms. The molecule has 0 unspecified atom stereocenters. The molecule has 0 fully saturated rings. The monoisotopic (exact) mass is 185 g/mol. The van der Waals surface area contributed by atoms with Crippen LogP contribution in [0.25, 0.3) is 5.65 Å². The van der Waals surface area contributed by atoms with Crippen LogP contribution in [-0.2, 0) is 0 Å². The molecule has 2 rings (SSSR count). The molecule has 0 atom stereocenters. The van der Waals surface area contributed by atoms with E-state index in [-0.39, 0.29) is 0 Å². The number of halogens is 1. The molecule has 0 aliphatic rings. The highest BCUT2D eigenvalue weighted by Gasteiger charge is 2.02. The maximum Gasteiger partial charge on any atom is 0.192 e. The highest BCUT2D eigenvalue weighted by Crippen LogP contribution is 2.16. The molecule has 2 aromatic rings. The maximum absolute atomic E-state index is 5.81. The van der Waals surface area contributed by atoms with Crippen LogP contribution in [0.2, 0.25) is 5.02 Å². The third-order valence-electron chi connectivity index (χ3n) is 1.37. The minimum Gasteiger partial charge on any atom is -0.276 e. The lowest BCUT2D eigenvalue weighted by molar-refractivity contribution is 0.928. The molecule has 0 N–H and O–H groups in total. The molecule has 0 amide bonds. The molecule has 0 aromatic carbocycles. The van der Waals surface area contributed by atoms with E-state index < -0.39 is 0 Å². The van der Waals surface area contributed by atoms with Crippen LogP contribution in [0.4, 0.5) is 0 Å². The fourth-order valence-corrected chi connectivity index (χ4v) is 1.28. The van der Waals surface area contributed by atoms with Crippen molar-refractivity contribution in [2.45, 2.75) is 5.16 Å². The Labute approximate surface area is 73.4 Å². The second-order valence-corrected chi connectivity index (χ2v) is 2.86. The van der Waals surface area contributed by atoms with Crippen molar-refractivity contribution in [1.82, 2.24) is 14.6 Å². The zero-order chi connectivity index (χ0) is 7.84. The van der Waals surface area contributed by atoms with Gasteiger partial charge in [0.05, 0.1) is 5.02 Å². The van der Waals surface area contributed by atoms with Gasteiger partial charge in [-0.3, -0.25) is 4.40 Å². The number of fused-ring (bicyclic) bond motifs is 1. The SMILES string of the molecule is Sc1nnc2c(Cl)cccn12. The van der Waals surface area contributed by atoms with E-state index in [1.165, 1.54) is 0 Å². The number of rotatable bonds is 0. The molecule has 2 heterocycles. The predicted molar refractivity (Wildman–Crippen MR) is 45.2 cm³/mol. The summed E-state index contributed by atoms with van der Waals surface area (Å²) in [5.41, 5.74) is 0.638. The van der Waals surface area contributed by atoms with Crippen molar-refractivity contribution in [3.63, 3.8) is 0 Å². The predicted octanol–water partition coefficient (Wildman–Crippen LogP) is 1.67. The van der Waals surface area contributed by atoms with E-state index >= 15 is 0 Å². The van der Waals surface area contributed by atoms with Gasteiger partial charge in [0.15, 0.2) is 10.8 Å². The molecule has 0 spiro atoms. The van der Waals surface area contributed by atoms with E-state index in [2.05, 4.69) is 22.8 Å². The molecule has 0 aliphatic carbocycles. The van der Waals surface area contributed by atoms with Gasteiger partial charge in [0.1, 0.15) is 0 Å². The summed E-state index contributed by atoms with van der Waals surface area (Å²) in [6.07, 6.45) is 1.81. The fourth-order valence-electron chi connectivity index (χ4n) is 0.871. The van der Waals surface area contributed by atoms with Crippen molar-refractivity contribution >= 4 is 29.9 Å². The average molecular weight is 186 g/mol. The number of hydrogen-bond donors (Lipinski definition) is 1. The van der Waals surface area contributed by atoms with Crippen molar-refractivity contribution in [1.29, 1.82) is 0 Å². The van der Waals surface area contributed by atoms with E-state index in [4.69, 9.17) is 11.6 Å². The summed E-state index contributed by atoms with van der Waals surface area (Å²) in [6, 6.07) is 3.58. The van der Waals surface area contributed by atoms with Crippen molar-refractivity contribution < 1.29 is 0 Å². The van der Waals surface area contributed by atoms with Gasteiger partial charge >= 0.3 is 0 Å². The normalized spacial score (nSPS) is 10.7. The molecular weight excluding hydrogens is 182 g/mol. The number of nitrogens with zero attached hydrogens (tertiary/aromatic N) is 3. The van der Waals surface area contributed by atoms with Crippen molar-refractivity contribution in [3.05, 3.63) is 23.4 Å². The Kier molecular flexibility index (Phi) is 1.51. The second kappa shape index (κ2) is 2.39. The topological polar surface area (TPSA) is 30.2 Å². The van der Waals surface area contributed by atoms with Crippen molar-refractivity contribution in [2.24, 2.45) is 0 Å². The summed E-state index contributed by atoms with van der Waals surface area (Å²) in [7, 11) is 0. The summed E-state index contributed by atoms with van der Waals surface area (Å²) in [6.45, 7) is 0. The van der Waals surface area contributed by atoms with E-state index in [0.717, 1.165) is 0 Å². The van der Waals surface area contributed by atoms with Crippen LogP contribution in [0.15, 0.2) is 23.5 Å². The van der Waals surface area contributed by atoms with Crippen LogP contribution < -0.4 is 0 Å². The van der Waals surface area contributed by atoms with Gasteiger partial charge in [-0.2, -0.15) is 0 Å². The molecule has 5 heteroatoms. The van der Waals surface area contributed by atoms with Gasteiger partial charge in [-0.05, 0) is 12.1 Å². The standard InChI is InChI=1S/C6H4ClN3S/c7-4-2-1-3-10-5(4)8-9-6(10)11/h1-3H,(H,9,11). The first-order chi connectivity index (χ1) is 5.29. The van der Waals surface area contributed by atoms with Crippen LogP contribution in [0.5, 0.6) is 0 Å². The Morgan fingerprint density at radius 1 is 1.45 bits per heavy atom. The molecule has 0 saturated heterocycles. The smallest absolute Gasteiger partial charge is 0.192 e. The minimum absolute atomic E-state index is 0.544. The quantitative estimate of drug-likeness (QED) is 0.633. The third kappa shape index (κ3) is 0.985. The lowest BCUT2D eigenvalue weighted by atomic mass is 10.5. The minimum atomic E-state index is 0.544. The van der Waals surface area contributed by atoms with Crippen LogP contribution in [-0.4, -0.2) is 14.6 Å². The van der Waals surface area contributed by atoms with E-state index in [1.807, 2.05) is 12.3 Å². The van der Waals surface area contributed by atoms with Gasteiger partial charge in [0.25, 0.3) is 0 Å². The molecule has 0 radical (unpaired) electrons. The van der Waals surface area contributed by atoms with Crippen molar-refractivity contribution in [3.8, 4) is 0 Å². The largest absolute Gasteiger partial charge is 0.276 e. The average Bonchev–Trinajstić information content (AvgIpc) is 2.35. The van der Waals surface area contributed by atoms with Gasteiger partial charge in [0.2, 0.25) is 0 Å². The molecule has 0 saturated carbocycles. The van der Waals surface area contributed by atoms with Crippen LogP contribution in [0.3, 0.4) is 0 Å². The van der Waals surface area contributed by atoms with Gasteiger partial charge in [0, 0.05) is 6.20 Å². The molecule has 0 bridgehead atoms. The van der Waals surface area contributed by atoms with Gasteiger partial charge in [-0.15, -0.1) is 22.8 Å². The van der Waals surface area contributed by atoms with E-state index in [9.17, 15) is 0 Å². The lowest BCUT2D eigenvalue weighted by Gasteiger charge is -1.92. The highest BCUT2D eigenvalue weighted by atomic mass is 35.5. The number of hydrogen-bond acceptors (Lipinski definition) is 3. The highest BCUT2D eigenvalue weighted by molar-refractivity contribution is 7.80. The zero-order valence-corrected chi connectivity index (χ0v) is 7.05. The first-order valence-corrected chi connectivity index (χ1v) is 3.80. The Bertz CT molecular complexity index is 398. The molecule has 3 nitrogen and oxygen atoms in total. The van der Waals surface area contributed by atoms with Gasteiger partial charge < -0.3 is 0 Å². The summed E-state index contributed by atoms with van der Waals surface area (Å²) >= 11 is 9.89. The van der Waals surface area contributed by atoms with Crippen LogP contribution >= 0.6 is 24.2 Å². The first kappa shape index (κ1) is 6.94. The fraction of sp³-hybridized carbons (Fsp3) is 0. The zero-order valence-electron chi connectivity index (χ0n) is 5.40. The summed E-state index contributed by atoms with van der Waals surface area (Å²) in [5, 5.41) is 8.70. The number of aromatic nitrogens is 3. The Hall–Kier alpha value is -0.740. The lowest BCUT2D eigenvalue weighted by Crippen LogP contribution is -1.83. The molecular formula is C6H4ClN3S. The Balaban J connectivity index is 2.94. The Morgan fingerprint density at radius 2 is 2.27 bits per heavy atom. The van der Waals surface area contributed by atoms with E-state index in [0.29, 0.717) is 15.8 Å². The third-order valence-corrected chi connectivity index (χ3v) is 1.97. The van der Waals surface area contributed by atoms with E-state index in [1.54, 1.807) is 10.5 Å². The summed E-state index contributed by atoms with van der Waals surface area (Å²) in [4.78, 5) is 0. The number of pyridine rings is 1. The van der Waals surface area contributed by atoms with Crippen LogP contribution in [0.1, 0.15) is 0 Å². The molecule has 2 aromatic heterocycles. The first-order valence-electron chi connectivity index (χ1n) is 2.97. The van der Waals surface area contributed by atoms with Crippen molar-refractivity contribution in [2.75, 3.05) is 0 Å².